The van der Waals surface area contributed by atoms with Crippen molar-refractivity contribution in [2.75, 3.05) is 0 Å². The number of nitrogens with zero attached hydrogens (tertiary/aromatic N) is 2. The maximum atomic E-state index is 12.6. The summed E-state index contributed by atoms with van der Waals surface area (Å²) in [7, 11) is 0. The van der Waals surface area contributed by atoms with Gasteiger partial charge in [0.15, 0.2) is 0 Å². The number of aromatic hydroxyl groups is 1. The minimum atomic E-state index is -4.66. The molecule has 0 amide bonds. The highest BCUT2D eigenvalue weighted by atomic mass is 19.4. The molecule has 21 heavy (non-hydrogen) atoms. The number of nitrogens with one attached hydrogen (secondary N) is 1. The number of hydrogen-bond donors (Lipinski definition) is 2. The third kappa shape index (κ3) is 2.55. The van der Waals surface area contributed by atoms with Crippen molar-refractivity contribution in [3.05, 3.63) is 55.6 Å². The van der Waals surface area contributed by atoms with Gasteiger partial charge >= 0.3 is 11.9 Å². The zero-order valence-electron chi connectivity index (χ0n) is 10.0. The van der Waals surface area contributed by atoms with Crippen LogP contribution in [0.15, 0.2) is 39.0 Å². The summed E-state index contributed by atoms with van der Waals surface area (Å²) in [6.07, 6.45) is -4.66. The van der Waals surface area contributed by atoms with Gasteiger partial charge in [-0.2, -0.15) is 13.2 Å². The molecule has 0 aliphatic rings. The normalized spacial score (nSPS) is 11.4. The van der Waals surface area contributed by atoms with Crippen LogP contribution in [0.3, 0.4) is 0 Å². The van der Waals surface area contributed by atoms with Gasteiger partial charge in [-0.1, -0.05) is 6.07 Å². The summed E-state index contributed by atoms with van der Waals surface area (Å²) in [5.41, 5.74) is -4.90. The van der Waals surface area contributed by atoms with Gasteiger partial charge in [0.25, 0.3) is 5.56 Å². The van der Waals surface area contributed by atoms with Crippen LogP contribution < -0.4 is 11.2 Å². The van der Waals surface area contributed by atoms with Gasteiger partial charge in [-0.15, -0.1) is 4.91 Å². The molecule has 0 fully saturated rings. The van der Waals surface area contributed by atoms with Gasteiger partial charge in [0.05, 0.1) is 11.3 Å². The maximum absolute atomic E-state index is 12.6. The van der Waals surface area contributed by atoms with Crippen molar-refractivity contribution in [1.29, 1.82) is 0 Å². The third-order valence-corrected chi connectivity index (χ3v) is 2.59. The molecule has 2 aromatic rings. The summed E-state index contributed by atoms with van der Waals surface area (Å²) in [5.74, 6) is -1.14. The number of aromatic amines is 1. The first kappa shape index (κ1) is 14.5. The Morgan fingerprint density at radius 2 is 1.90 bits per heavy atom. The van der Waals surface area contributed by atoms with E-state index in [0.29, 0.717) is 10.6 Å². The fourth-order valence-corrected chi connectivity index (χ4v) is 1.66. The molecule has 0 saturated heterocycles. The molecule has 1 aromatic heterocycles. The quantitative estimate of drug-likeness (QED) is 0.823. The smallest absolute Gasteiger partial charge is 0.416 e. The standard InChI is InChI=1S/C11H6F3N3O4/c12-11(13,14)5-2-1-3-6(4-5)17-9(19)7(16-21)8(18)15-10(17)20/h1-4,19H,(H,15,18,20). The Morgan fingerprint density at radius 1 is 1.24 bits per heavy atom. The van der Waals surface area contributed by atoms with Crippen molar-refractivity contribution >= 4 is 5.69 Å². The Bertz CT molecular complexity index is 823. The van der Waals surface area contributed by atoms with Crippen LogP contribution in [0.1, 0.15) is 5.56 Å². The van der Waals surface area contributed by atoms with E-state index in [0.717, 1.165) is 18.2 Å². The minimum absolute atomic E-state index is 0.341. The van der Waals surface area contributed by atoms with E-state index in [9.17, 15) is 32.8 Å². The summed E-state index contributed by atoms with van der Waals surface area (Å²) < 4.78 is 38.2. The number of benzene rings is 1. The van der Waals surface area contributed by atoms with E-state index in [4.69, 9.17) is 0 Å². The molecular weight excluding hydrogens is 295 g/mol. The van der Waals surface area contributed by atoms with Crippen molar-refractivity contribution in [2.24, 2.45) is 5.18 Å². The van der Waals surface area contributed by atoms with Crippen LogP contribution >= 0.6 is 0 Å². The van der Waals surface area contributed by atoms with E-state index < -0.39 is 34.6 Å². The molecule has 7 nitrogen and oxygen atoms in total. The van der Waals surface area contributed by atoms with E-state index >= 15 is 0 Å². The number of H-pyrrole nitrogens is 1. The molecule has 0 aliphatic carbocycles. The lowest BCUT2D eigenvalue weighted by atomic mass is 10.2. The summed E-state index contributed by atoms with van der Waals surface area (Å²) in [5, 5.41) is 11.9. The topological polar surface area (TPSA) is 105 Å². The Morgan fingerprint density at radius 3 is 2.48 bits per heavy atom. The SMILES string of the molecule is O=Nc1c(O)n(-c2cccc(C(F)(F)F)c2)c(=O)[nH]c1=O. The van der Waals surface area contributed by atoms with Crippen LogP contribution in [0, 0.1) is 4.91 Å². The second-order valence-electron chi connectivity index (χ2n) is 3.91. The number of nitroso groups, excluding NO2 is 1. The van der Waals surface area contributed by atoms with E-state index in [1.807, 2.05) is 0 Å². The molecule has 10 heteroatoms. The summed E-state index contributed by atoms with van der Waals surface area (Å²) >= 11 is 0. The van der Waals surface area contributed by atoms with Gasteiger partial charge in [0.2, 0.25) is 11.6 Å². The van der Waals surface area contributed by atoms with E-state index in [1.165, 1.54) is 0 Å². The largest absolute Gasteiger partial charge is 0.492 e. The second-order valence-corrected chi connectivity index (χ2v) is 3.91. The number of aromatic nitrogens is 2. The molecule has 1 aromatic carbocycles. The van der Waals surface area contributed by atoms with Crippen molar-refractivity contribution < 1.29 is 18.3 Å². The van der Waals surface area contributed by atoms with Crippen LogP contribution in [0.25, 0.3) is 5.69 Å². The summed E-state index contributed by atoms with van der Waals surface area (Å²) in [4.78, 5) is 34.9. The van der Waals surface area contributed by atoms with E-state index in [2.05, 4.69) is 5.18 Å². The number of alkyl halides is 3. The van der Waals surface area contributed by atoms with Gasteiger partial charge in [-0.05, 0) is 23.4 Å². The molecule has 2 rings (SSSR count). The first-order chi connectivity index (χ1) is 9.75. The van der Waals surface area contributed by atoms with Crippen LogP contribution in [0.2, 0.25) is 0 Å². The first-order valence-electron chi connectivity index (χ1n) is 5.35. The molecular formula is C11H6F3N3O4. The summed E-state index contributed by atoms with van der Waals surface area (Å²) in [6.45, 7) is 0. The number of hydrogen-bond acceptors (Lipinski definition) is 5. The highest BCUT2D eigenvalue weighted by Crippen LogP contribution is 2.31. The molecule has 0 bridgehead atoms. The maximum Gasteiger partial charge on any atom is 0.416 e. The first-order valence-corrected chi connectivity index (χ1v) is 5.35. The zero-order valence-corrected chi connectivity index (χ0v) is 10.0. The van der Waals surface area contributed by atoms with E-state index in [1.54, 1.807) is 4.98 Å². The lowest BCUT2D eigenvalue weighted by molar-refractivity contribution is -0.137. The molecule has 1 heterocycles. The van der Waals surface area contributed by atoms with Crippen LogP contribution in [0.5, 0.6) is 5.88 Å². The molecule has 0 saturated carbocycles. The van der Waals surface area contributed by atoms with Crippen molar-refractivity contribution in [3.8, 4) is 11.6 Å². The van der Waals surface area contributed by atoms with Crippen LogP contribution in [-0.2, 0) is 6.18 Å². The summed E-state index contributed by atoms with van der Waals surface area (Å²) in [6, 6.07) is 3.43. The van der Waals surface area contributed by atoms with Gasteiger partial charge < -0.3 is 5.11 Å². The van der Waals surface area contributed by atoms with Crippen molar-refractivity contribution in [1.82, 2.24) is 9.55 Å². The minimum Gasteiger partial charge on any atom is -0.492 e. The van der Waals surface area contributed by atoms with E-state index in [-0.39, 0.29) is 5.69 Å². The highest BCUT2D eigenvalue weighted by Gasteiger charge is 2.31. The Hall–Kier alpha value is -2.91. The van der Waals surface area contributed by atoms with Crippen LogP contribution in [0.4, 0.5) is 18.9 Å². The fraction of sp³-hybridized carbons (Fsp3) is 0.0909. The number of rotatable bonds is 2. The van der Waals surface area contributed by atoms with Gasteiger partial charge in [-0.3, -0.25) is 9.78 Å². The molecule has 110 valence electrons. The Kier molecular flexibility index (Phi) is 3.37. The number of halogens is 3. The predicted molar refractivity (Wildman–Crippen MR) is 64.8 cm³/mol. The van der Waals surface area contributed by atoms with Gasteiger partial charge in [0, 0.05) is 0 Å². The average Bonchev–Trinajstić information content (AvgIpc) is 2.38. The Balaban J connectivity index is 2.77. The molecule has 0 unspecified atom stereocenters. The zero-order chi connectivity index (χ0) is 15.8. The molecule has 2 N–H and O–H groups in total. The average molecular weight is 301 g/mol. The van der Waals surface area contributed by atoms with Crippen molar-refractivity contribution in [3.63, 3.8) is 0 Å². The monoisotopic (exact) mass is 301 g/mol. The lowest BCUT2D eigenvalue weighted by Crippen LogP contribution is -2.28. The molecule has 0 atom stereocenters. The fourth-order valence-electron chi connectivity index (χ4n) is 1.66. The second kappa shape index (κ2) is 4.89. The molecule has 0 radical (unpaired) electrons. The van der Waals surface area contributed by atoms with Crippen LogP contribution in [-0.4, -0.2) is 14.7 Å². The third-order valence-electron chi connectivity index (χ3n) is 2.59. The predicted octanol–water partition coefficient (Wildman–Crippen LogP) is 1.65. The molecule has 0 spiro atoms. The Labute approximate surface area is 113 Å². The lowest BCUT2D eigenvalue weighted by Gasteiger charge is -2.11. The van der Waals surface area contributed by atoms with Gasteiger partial charge in [0.1, 0.15) is 0 Å². The highest BCUT2D eigenvalue weighted by molar-refractivity contribution is 5.49. The van der Waals surface area contributed by atoms with Crippen molar-refractivity contribution in [2.45, 2.75) is 6.18 Å². The van der Waals surface area contributed by atoms with Gasteiger partial charge in [-0.25, -0.2) is 9.36 Å². The molecule has 0 aliphatic heterocycles.